The van der Waals surface area contributed by atoms with E-state index in [1.165, 1.54) is 51.4 Å². The molecule has 0 fully saturated rings. The Balaban J connectivity index is 1.40. The van der Waals surface area contributed by atoms with E-state index in [0.29, 0.717) is 23.8 Å². The molecule has 0 aliphatic heterocycles. The Morgan fingerprint density at radius 3 is 1.86 bits per heavy atom. The maximum absolute atomic E-state index is 12.8. The number of carbonyl (C=O) groups is 2. The first kappa shape index (κ1) is 34.4. The first-order valence-corrected chi connectivity index (χ1v) is 17.0. The van der Waals surface area contributed by atoms with E-state index in [-0.39, 0.29) is 5.56 Å². The van der Waals surface area contributed by atoms with Gasteiger partial charge in [0.25, 0.3) is 0 Å². The third-order valence-electron chi connectivity index (χ3n) is 7.77. The van der Waals surface area contributed by atoms with Crippen LogP contribution < -0.4 is 4.74 Å². The topological polar surface area (TPSA) is 61.8 Å². The van der Waals surface area contributed by atoms with E-state index in [9.17, 15) is 9.59 Å². The van der Waals surface area contributed by atoms with E-state index in [1.54, 1.807) is 30.3 Å². The van der Waals surface area contributed by atoms with Crippen LogP contribution in [0.1, 0.15) is 111 Å². The van der Waals surface area contributed by atoms with Crippen molar-refractivity contribution in [3.63, 3.8) is 0 Å². The molecule has 0 aromatic heterocycles. The lowest BCUT2D eigenvalue weighted by atomic mass is 9.90. The maximum atomic E-state index is 12.8. The molecule has 3 aromatic rings. The predicted octanol–water partition coefficient (Wildman–Crippen LogP) is 10.5. The van der Waals surface area contributed by atoms with Crippen LogP contribution in [0, 0.1) is 5.92 Å². The van der Waals surface area contributed by atoms with Crippen molar-refractivity contribution in [3.8, 4) is 16.9 Å². The van der Waals surface area contributed by atoms with Crippen LogP contribution >= 0.6 is 15.9 Å². The molecular weight excluding hydrogens is 604 g/mol. The second-order valence-electron chi connectivity index (χ2n) is 11.3. The summed E-state index contributed by atoms with van der Waals surface area (Å²) in [7, 11) is 0. The van der Waals surface area contributed by atoms with Crippen LogP contribution in [0.25, 0.3) is 11.1 Å². The van der Waals surface area contributed by atoms with Crippen molar-refractivity contribution >= 4 is 27.9 Å². The molecule has 0 saturated heterocycles. The second-order valence-corrected chi connectivity index (χ2v) is 12.1. The van der Waals surface area contributed by atoms with Gasteiger partial charge in [0.05, 0.1) is 17.7 Å². The Labute approximate surface area is 266 Å². The zero-order valence-electron chi connectivity index (χ0n) is 25.8. The molecule has 1 atom stereocenters. The van der Waals surface area contributed by atoms with Crippen LogP contribution in [-0.2, 0) is 16.2 Å². The van der Waals surface area contributed by atoms with Gasteiger partial charge >= 0.3 is 11.9 Å². The number of alkyl halides is 1. The average molecular weight is 652 g/mol. The number of carbonyl (C=O) groups excluding carboxylic acids is 2. The van der Waals surface area contributed by atoms with E-state index in [2.05, 4.69) is 41.9 Å². The molecule has 0 aliphatic carbocycles. The first-order valence-electron chi connectivity index (χ1n) is 15.9. The fraction of sp³-hybridized carbons (Fsp3) is 0.459. The summed E-state index contributed by atoms with van der Waals surface area (Å²) in [6.07, 6.45) is 14.5. The zero-order chi connectivity index (χ0) is 30.7. The third kappa shape index (κ3) is 12.6. The van der Waals surface area contributed by atoms with Gasteiger partial charge in [-0.2, -0.15) is 0 Å². The number of rotatable bonds is 19. The summed E-state index contributed by atoms with van der Waals surface area (Å²) in [5.74, 6) is -0.283. The Hall–Kier alpha value is -3.12. The number of halogens is 1. The Kier molecular flexibility index (Phi) is 15.9. The van der Waals surface area contributed by atoms with Crippen LogP contribution in [0.4, 0.5) is 0 Å². The molecule has 232 valence electrons. The lowest BCUT2D eigenvalue weighted by Gasteiger charge is -2.15. The molecule has 0 spiro atoms. The van der Waals surface area contributed by atoms with Crippen molar-refractivity contribution in [2.75, 3.05) is 11.9 Å². The molecule has 5 nitrogen and oxygen atoms in total. The van der Waals surface area contributed by atoms with E-state index in [4.69, 9.17) is 14.5 Å². The molecule has 3 rings (SSSR count). The highest BCUT2D eigenvalue weighted by atomic mass is 79.9. The fourth-order valence-corrected chi connectivity index (χ4v) is 5.37. The Morgan fingerprint density at radius 1 is 0.698 bits per heavy atom. The maximum Gasteiger partial charge on any atom is 0.386 e. The second kappa shape index (κ2) is 20.0. The van der Waals surface area contributed by atoms with Gasteiger partial charge in [0.1, 0.15) is 5.75 Å². The summed E-state index contributed by atoms with van der Waals surface area (Å²) in [5.41, 5.74) is 3.86. The molecule has 0 amide bonds. The molecule has 1 unspecified atom stereocenters. The minimum absolute atomic E-state index is 0.282. The highest BCUT2D eigenvalue weighted by Crippen LogP contribution is 2.28. The van der Waals surface area contributed by atoms with Crippen LogP contribution in [0.2, 0.25) is 0 Å². The summed E-state index contributed by atoms with van der Waals surface area (Å²) in [6, 6.07) is 22.3. The van der Waals surface area contributed by atoms with E-state index in [1.807, 2.05) is 30.3 Å². The molecule has 6 heteroatoms. The number of ether oxygens (including phenoxy) is 1. The van der Waals surface area contributed by atoms with Gasteiger partial charge in [-0.05, 0) is 78.3 Å². The van der Waals surface area contributed by atoms with Gasteiger partial charge in [0, 0.05) is 5.33 Å². The van der Waals surface area contributed by atoms with E-state index < -0.39 is 11.9 Å². The summed E-state index contributed by atoms with van der Waals surface area (Å²) in [6.45, 7) is 4.99. The van der Waals surface area contributed by atoms with Gasteiger partial charge in [-0.1, -0.05) is 124 Å². The minimum atomic E-state index is -0.733. The Morgan fingerprint density at radius 2 is 1.26 bits per heavy atom. The highest BCUT2D eigenvalue weighted by Gasteiger charge is 2.17. The van der Waals surface area contributed by atoms with Crippen molar-refractivity contribution in [2.45, 2.75) is 90.9 Å². The predicted molar refractivity (Wildman–Crippen MR) is 178 cm³/mol. The van der Waals surface area contributed by atoms with Gasteiger partial charge < -0.3 is 4.74 Å². The molecule has 0 radical (unpaired) electrons. The van der Waals surface area contributed by atoms with Crippen LogP contribution in [0.5, 0.6) is 5.75 Å². The van der Waals surface area contributed by atoms with Crippen molar-refractivity contribution in [3.05, 3.63) is 89.5 Å². The van der Waals surface area contributed by atoms with Gasteiger partial charge in [-0.3, -0.25) is 0 Å². The molecule has 0 bridgehead atoms. The molecule has 0 aliphatic rings. The molecular formula is C37H47BrO5. The summed E-state index contributed by atoms with van der Waals surface area (Å²) in [4.78, 5) is 35.1. The van der Waals surface area contributed by atoms with Gasteiger partial charge in [0.15, 0.2) is 0 Å². The largest absolute Gasteiger partial charge is 0.494 e. The van der Waals surface area contributed by atoms with Crippen molar-refractivity contribution in [1.29, 1.82) is 0 Å². The molecule has 3 aromatic carbocycles. The monoisotopic (exact) mass is 650 g/mol. The van der Waals surface area contributed by atoms with Crippen LogP contribution in [0.15, 0.2) is 72.8 Å². The Bertz CT molecular complexity index is 1230. The molecule has 0 saturated carbocycles. The number of benzene rings is 3. The number of hydrogen-bond acceptors (Lipinski definition) is 5. The van der Waals surface area contributed by atoms with Crippen molar-refractivity contribution in [2.24, 2.45) is 5.92 Å². The van der Waals surface area contributed by atoms with Crippen molar-refractivity contribution < 1.29 is 24.1 Å². The average Bonchev–Trinajstić information content (AvgIpc) is 3.04. The SMILES string of the molecule is CCC(C)Cc1cc(C(=O)OOC(=O)c2ccc(OCCCCCCCCCCCCBr)cc2)ccc1-c1ccccc1. The number of unbranched alkanes of at least 4 members (excludes halogenated alkanes) is 9. The lowest BCUT2D eigenvalue weighted by Crippen LogP contribution is -2.12. The molecule has 0 heterocycles. The smallest absolute Gasteiger partial charge is 0.386 e. The standard InChI is InChI=1S/C37H47BrO5/c1-3-29(2)27-33-28-32(21-24-35(33)30-17-13-12-14-18-30)37(40)43-42-36(39)31-19-22-34(23-20-31)41-26-16-11-9-7-5-4-6-8-10-15-25-38/h12-14,17-24,28-29H,3-11,15-16,25-27H2,1-2H3. The molecule has 0 N–H and O–H groups in total. The summed E-state index contributed by atoms with van der Waals surface area (Å²) in [5, 5.41) is 1.12. The summed E-state index contributed by atoms with van der Waals surface area (Å²) < 4.78 is 5.83. The van der Waals surface area contributed by atoms with E-state index in [0.717, 1.165) is 47.7 Å². The van der Waals surface area contributed by atoms with Gasteiger partial charge in [0.2, 0.25) is 0 Å². The van der Waals surface area contributed by atoms with Crippen LogP contribution in [-0.4, -0.2) is 23.9 Å². The normalized spacial score (nSPS) is 11.6. The minimum Gasteiger partial charge on any atom is -0.494 e. The van der Waals surface area contributed by atoms with E-state index >= 15 is 0 Å². The number of hydrogen-bond donors (Lipinski definition) is 0. The third-order valence-corrected chi connectivity index (χ3v) is 8.33. The van der Waals surface area contributed by atoms with Gasteiger partial charge in [-0.15, -0.1) is 0 Å². The zero-order valence-corrected chi connectivity index (χ0v) is 27.4. The van der Waals surface area contributed by atoms with Crippen molar-refractivity contribution in [1.82, 2.24) is 0 Å². The van der Waals surface area contributed by atoms with Crippen LogP contribution in [0.3, 0.4) is 0 Å². The molecule has 43 heavy (non-hydrogen) atoms. The highest BCUT2D eigenvalue weighted by molar-refractivity contribution is 9.09. The lowest BCUT2D eigenvalue weighted by molar-refractivity contribution is -0.187. The quantitative estimate of drug-likeness (QED) is 0.0559. The fourth-order valence-electron chi connectivity index (χ4n) is 4.97. The van der Waals surface area contributed by atoms with Gasteiger partial charge in [-0.25, -0.2) is 19.4 Å². The summed E-state index contributed by atoms with van der Waals surface area (Å²) >= 11 is 3.48. The first-order chi connectivity index (χ1) is 21.0.